The molecular weight excluding hydrogens is 968 g/mol. The van der Waals surface area contributed by atoms with E-state index in [0.717, 1.165) is 63.6 Å². The first-order valence-corrected chi connectivity index (χ1v) is 26.3. The van der Waals surface area contributed by atoms with Crippen LogP contribution in [0.4, 0.5) is 4.39 Å². The van der Waals surface area contributed by atoms with Crippen molar-refractivity contribution in [1.29, 1.82) is 0 Å². The number of aromatic nitrogens is 6. The number of nitrogens with one attached hydrogen (secondary N) is 4. The highest BCUT2D eigenvalue weighted by molar-refractivity contribution is 5.95. The maximum atomic E-state index is 14.4. The Morgan fingerprint density at radius 2 is 1.70 bits per heavy atom. The van der Waals surface area contributed by atoms with Gasteiger partial charge in [0.25, 0.3) is 0 Å². The van der Waals surface area contributed by atoms with Gasteiger partial charge in [-0.1, -0.05) is 63.2 Å². The lowest BCUT2D eigenvalue weighted by atomic mass is 9.83. The van der Waals surface area contributed by atoms with Crippen molar-refractivity contribution < 1.29 is 37.7 Å². The SMILES string of the molecule is CN[C@H](C)C(=O)N[C@@H](C1OC1N1Cc2cc(OCCOCCOCCC(=O)n3cc(-c4cnc5[nH]cc(-c6cnn(Cc7cccc(F)c7)c6)c5c4)cn3)ccc2C[C@@H]1C(=O)N[C@H]1CCCc2ccccc21)C(C)(C)C. The van der Waals surface area contributed by atoms with Gasteiger partial charge in [-0.3, -0.25) is 24.0 Å². The van der Waals surface area contributed by atoms with Gasteiger partial charge in [-0.25, -0.2) is 14.1 Å². The van der Waals surface area contributed by atoms with E-state index in [-0.39, 0.29) is 72.4 Å². The lowest BCUT2D eigenvalue weighted by Gasteiger charge is -2.38. The lowest BCUT2D eigenvalue weighted by molar-refractivity contribution is -0.129. The van der Waals surface area contributed by atoms with Crippen LogP contribution in [0.15, 0.2) is 110 Å². The minimum absolute atomic E-state index is 0.0270. The minimum Gasteiger partial charge on any atom is -0.491 e. The molecule has 2 unspecified atom stereocenters. The Balaban J connectivity index is 0.688. The zero-order valence-electron chi connectivity index (χ0n) is 43.8. The lowest BCUT2D eigenvalue weighted by Crippen LogP contribution is -2.56. The predicted molar refractivity (Wildman–Crippen MR) is 285 cm³/mol. The van der Waals surface area contributed by atoms with Crippen LogP contribution in [0.25, 0.3) is 33.3 Å². The number of halogens is 1. The van der Waals surface area contributed by atoms with Gasteiger partial charge in [0.1, 0.15) is 36.2 Å². The summed E-state index contributed by atoms with van der Waals surface area (Å²) in [5.74, 6) is 0.0816. The molecule has 17 nitrogen and oxygen atoms in total. The third-order valence-corrected chi connectivity index (χ3v) is 14.8. The monoisotopic (exact) mass is 1030 g/mol. The van der Waals surface area contributed by atoms with Gasteiger partial charge >= 0.3 is 0 Å². The molecule has 0 saturated carbocycles. The summed E-state index contributed by atoms with van der Waals surface area (Å²) in [6.07, 6.45) is 13.5. The van der Waals surface area contributed by atoms with Gasteiger partial charge in [0.15, 0.2) is 0 Å². The fourth-order valence-corrected chi connectivity index (χ4v) is 10.4. The van der Waals surface area contributed by atoms with Crippen molar-refractivity contribution in [2.24, 2.45) is 5.41 Å². The van der Waals surface area contributed by atoms with Crippen LogP contribution in [-0.2, 0) is 49.7 Å². The number of carbonyl (C=O) groups excluding carboxylic acids is 3. The van der Waals surface area contributed by atoms with Gasteiger partial charge in [0.2, 0.25) is 17.7 Å². The van der Waals surface area contributed by atoms with Crippen LogP contribution in [0.5, 0.6) is 5.75 Å². The summed E-state index contributed by atoms with van der Waals surface area (Å²) >= 11 is 0. The van der Waals surface area contributed by atoms with Gasteiger partial charge < -0.3 is 39.9 Å². The molecule has 76 heavy (non-hydrogen) atoms. The molecule has 4 N–H and O–H groups in total. The van der Waals surface area contributed by atoms with E-state index in [1.165, 1.54) is 27.9 Å². The highest BCUT2D eigenvalue weighted by Gasteiger charge is 2.55. The Morgan fingerprint density at radius 1 is 0.882 bits per heavy atom. The number of nitrogens with zero attached hydrogens (tertiary/aromatic N) is 6. The number of epoxide rings is 1. The minimum atomic E-state index is -0.473. The Hall–Kier alpha value is -7.09. The van der Waals surface area contributed by atoms with Crippen LogP contribution in [-0.4, -0.2) is 123 Å². The molecule has 3 aliphatic rings. The molecule has 4 aromatic heterocycles. The average Bonchev–Trinajstić information content (AvgIpc) is 3.72. The number of carbonyl (C=O) groups is 3. The van der Waals surface area contributed by atoms with E-state index in [2.05, 4.69) is 80.0 Å². The van der Waals surface area contributed by atoms with Crippen LogP contribution in [0, 0.1) is 11.2 Å². The van der Waals surface area contributed by atoms with E-state index in [1.54, 1.807) is 42.6 Å². The van der Waals surface area contributed by atoms with Crippen LogP contribution in [0.1, 0.15) is 85.6 Å². The van der Waals surface area contributed by atoms with Crippen molar-refractivity contribution in [2.75, 3.05) is 40.1 Å². The number of aryl methyl sites for hydroxylation is 1. The first-order chi connectivity index (χ1) is 36.8. The van der Waals surface area contributed by atoms with E-state index in [4.69, 9.17) is 18.9 Å². The van der Waals surface area contributed by atoms with Crippen molar-refractivity contribution in [1.82, 2.24) is 50.4 Å². The molecule has 1 saturated heterocycles. The summed E-state index contributed by atoms with van der Waals surface area (Å²) in [5.41, 5.74) is 9.18. The van der Waals surface area contributed by atoms with Crippen molar-refractivity contribution in [3.8, 4) is 28.0 Å². The van der Waals surface area contributed by atoms with Crippen LogP contribution in [0.3, 0.4) is 0 Å². The molecule has 1 aliphatic carbocycles. The Labute approximate surface area is 441 Å². The number of likely N-dealkylation sites (N-methyl/N-ethyl adjacent to an activating group) is 1. The molecule has 2 aliphatic heterocycles. The topological polar surface area (TPSA) is 195 Å². The zero-order chi connectivity index (χ0) is 52.9. The van der Waals surface area contributed by atoms with Gasteiger partial charge in [-0.05, 0) is 103 Å². The molecule has 0 spiro atoms. The Kier molecular flexibility index (Phi) is 15.9. The molecule has 7 aromatic rings. The Bertz CT molecular complexity index is 3180. The number of fused-ring (bicyclic) bond motifs is 3. The van der Waals surface area contributed by atoms with Gasteiger partial charge in [0.05, 0.1) is 76.0 Å². The van der Waals surface area contributed by atoms with Gasteiger partial charge in [0, 0.05) is 59.0 Å². The van der Waals surface area contributed by atoms with E-state index < -0.39 is 6.04 Å². The molecule has 10 rings (SSSR count). The predicted octanol–water partition coefficient (Wildman–Crippen LogP) is 7.40. The smallest absolute Gasteiger partial charge is 0.249 e. The standard InChI is InChI=1S/C58H67FN10O7/c1-36(60-5)55(71)66-53(58(2,3)4)52-57(76-52)68-34-41-25-45(17-16-39(41)27-50(68)56(72)65-49-15-9-12-38-11-6-7-14-46(38)49)75-23-22-74-21-20-73-19-18-51(70)69-35-42(29-64-69)40-26-47-48(31-62-54(47)61-28-40)43-30-63-67(33-43)32-37-10-8-13-44(59)24-37/h6-8,10-11,13-14,16-17,24-26,28-31,33,35-36,49-50,52-53,57,60H,9,12,15,18-23,27,32,34H2,1-5H3,(H,61,62)(H,65,72)(H,66,71)/t36-,49+,50-,52?,53+,57?/m1/s1. The van der Waals surface area contributed by atoms with Crippen molar-refractivity contribution in [3.63, 3.8) is 0 Å². The summed E-state index contributed by atoms with van der Waals surface area (Å²) in [7, 11) is 1.77. The van der Waals surface area contributed by atoms with Crippen LogP contribution < -0.4 is 20.7 Å². The number of benzene rings is 3. The molecule has 2 amide bonds. The van der Waals surface area contributed by atoms with Crippen LogP contribution in [0.2, 0.25) is 0 Å². The number of hydrogen-bond donors (Lipinski definition) is 4. The largest absolute Gasteiger partial charge is 0.491 e. The summed E-state index contributed by atoms with van der Waals surface area (Å²) in [4.78, 5) is 50.7. The Morgan fingerprint density at radius 3 is 2.53 bits per heavy atom. The molecule has 3 aromatic carbocycles. The molecule has 6 heterocycles. The number of pyridine rings is 1. The van der Waals surface area contributed by atoms with Gasteiger partial charge in [-0.2, -0.15) is 10.2 Å². The highest BCUT2D eigenvalue weighted by Crippen LogP contribution is 2.41. The second-order valence-corrected chi connectivity index (χ2v) is 21.1. The molecular formula is C58H67FN10O7. The quantitative estimate of drug-likeness (QED) is 0.0412. The molecule has 0 radical (unpaired) electrons. The number of H-pyrrole nitrogens is 1. The second-order valence-electron chi connectivity index (χ2n) is 21.1. The number of rotatable bonds is 21. The van der Waals surface area contributed by atoms with Crippen molar-refractivity contribution >= 4 is 28.8 Å². The summed E-state index contributed by atoms with van der Waals surface area (Å²) in [6, 6.07) is 21.7. The molecule has 18 heteroatoms. The molecule has 0 bridgehead atoms. The van der Waals surface area contributed by atoms with Crippen molar-refractivity contribution in [2.45, 2.75) is 109 Å². The molecule has 1 fully saturated rings. The van der Waals surface area contributed by atoms with Gasteiger partial charge in [-0.15, -0.1) is 0 Å². The maximum Gasteiger partial charge on any atom is 0.249 e. The van der Waals surface area contributed by atoms with E-state index in [9.17, 15) is 18.8 Å². The van der Waals surface area contributed by atoms with Crippen LogP contribution >= 0.6 is 0 Å². The fourth-order valence-electron chi connectivity index (χ4n) is 10.4. The normalized spacial score (nSPS) is 19.1. The third-order valence-electron chi connectivity index (χ3n) is 14.8. The number of aromatic amines is 1. The second kappa shape index (κ2) is 23.0. The highest BCUT2D eigenvalue weighted by atomic mass is 19.1. The number of ether oxygens (including phenoxy) is 4. The van der Waals surface area contributed by atoms with E-state index in [0.29, 0.717) is 57.3 Å². The van der Waals surface area contributed by atoms with E-state index in [1.807, 2.05) is 55.7 Å². The maximum absolute atomic E-state index is 14.4. The molecule has 6 atom stereocenters. The van der Waals surface area contributed by atoms with Crippen molar-refractivity contribution in [3.05, 3.63) is 144 Å². The summed E-state index contributed by atoms with van der Waals surface area (Å²) in [5, 5.41) is 19.4. The molecule has 398 valence electrons. The first-order valence-electron chi connectivity index (χ1n) is 26.3. The zero-order valence-corrected chi connectivity index (χ0v) is 43.8. The fraction of sp³-hybridized carbons (Fsp3) is 0.414. The average molecular weight is 1040 g/mol. The summed E-state index contributed by atoms with van der Waals surface area (Å²) in [6.45, 7) is 10.5. The number of amides is 2. The summed E-state index contributed by atoms with van der Waals surface area (Å²) < 4.78 is 41.0. The van der Waals surface area contributed by atoms with E-state index >= 15 is 0 Å². The first kappa shape index (κ1) is 52.4. The number of hydrogen-bond acceptors (Lipinski definition) is 12. The third kappa shape index (κ3) is 12.1.